The van der Waals surface area contributed by atoms with Gasteiger partial charge in [-0.05, 0) is 37.3 Å². The second kappa shape index (κ2) is 9.06. The second-order valence-electron chi connectivity index (χ2n) is 5.42. The standard InChI is InChI=1S/C18H24N2O/c1-14-9-10-18(16(3)20-15(2)13-21)12-17(14)8-6-4-5-7-11-19/h10,12,14-15,20-21H,3-5,7,9,13H2,1-2H3. The Morgan fingerprint density at radius 2 is 2.33 bits per heavy atom. The quantitative estimate of drug-likeness (QED) is 0.582. The van der Waals surface area contributed by atoms with Gasteiger partial charge >= 0.3 is 0 Å². The van der Waals surface area contributed by atoms with Gasteiger partial charge in [-0.3, -0.25) is 0 Å². The van der Waals surface area contributed by atoms with Crippen molar-refractivity contribution in [2.75, 3.05) is 6.61 Å². The number of hydrogen-bond donors (Lipinski definition) is 2. The Morgan fingerprint density at radius 1 is 1.57 bits per heavy atom. The minimum atomic E-state index is -0.00772. The Balaban J connectivity index is 2.68. The lowest BCUT2D eigenvalue weighted by atomic mass is 9.89. The molecule has 3 heteroatoms. The fourth-order valence-electron chi connectivity index (χ4n) is 2.02. The molecule has 0 radical (unpaired) electrons. The molecule has 0 bridgehead atoms. The van der Waals surface area contributed by atoms with Crippen molar-refractivity contribution in [3.63, 3.8) is 0 Å². The third kappa shape index (κ3) is 5.90. The summed E-state index contributed by atoms with van der Waals surface area (Å²) in [5, 5.41) is 20.7. The van der Waals surface area contributed by atoms with Crippen LogP contribution in [0.3, 0.4) is 0 Å². The van der Waals surface area contributed by atoms with E-state index >= 15 is 0 Å². The molecular weight excluding hydrogens is 260 g/mol. The molecule has 0 amide bonds. The summed E-state index contributed by atoms with van der Waals surface area (Å²) in [5.41, 5.74) is 2.99. The maximum absolute atomic E-state index is 9.08. The predicted molar refractivity (Wildman–Crippen MR) is 86.0 cm³/mol. The van der Waals surface area contributed by atoms with Crippen molar-refractivity contribution in [2.45, 2.75) is 45.6 Å². The molecule has 0 aromatic heterocycles. The van der Waals surface area contributed by atoms with Crippen LogP contribution in [0.5, 0.6) is 0 Å². The summed E-state index contributed by atoms with van der Waals surface area (Å²) in [7, 11) is 0. The molecule has 3 nitrogen and oxygen atoms in total. The Morgan fingerprint density at radius 3 is 3.00 bits per heavy atom. The van der Waals surface area contributed by atoms with Gasteiger partial charge in [0, 0.05) is 30.2 Å². The largest absolute Gasteiger partial charge is 0.394 e. The van der Waals surface area contributed by atoms with E-state index in [1.807, 2.05) is 6.92 Å². The van der Waals surface area contributed by atoms with E-state index in [1.165, 1.54) is 0 Å². The molecule has 2 N–H and O–H groups in total. The number of rotatable bonds is 6. The van der Waals surface area contributed by atoms with Crippen LogP contribution in [0.4, 0.5) is 0 Å². The van der Waals surface area contributed by atoms with Crippen molar-refractivity contribution < 1.29 is 5.11 Å². The van der Waals surface area contributed by atoms with Gasteiger partial charge in [0.1, 0.15) is 0 Å². The molecule has 0 aromatic rings. The van der Waals surface area contributed by atoms with E-state index < -0.39 is 0 Å². The Bertz CT molecular complexity index is 526. The molecular formula is C18H24N2O. The van der Waals surface area contributed by atoms with E-state index in [-0.39, 0.29) is 12.6 Å². The molecule has 1 aliphatic carbocycles. The second-order valence-corrected chi connectivity index (χ2v) is 5.42. The number of aliphatic hydroxyl groups excluding tert-OH is 1. The lowest BCUT2D eigenvalue weighted by molar-refractivity contribution is 0.259. The van der Waals surface area contributed by atoms with Crippen molar-refractivity contribution in [2.24, 2.45) is 5.92 Å². The molecule has 0 fully saturated rings. The lowest BCUT2D eigenvalue weighted by Gasteiger charge is -2.21. The average molecular weight is 284 g/mol. The molecule has 2 atom stereocenters. The van der Waals surface area contributed by atoms with Crippen LogP contribution in [-0.4, -0.2) is 17.8 Å². The van der Waals surface area contributed by atoms with Gasteiger partial charge in [-0.2, -0.15) is 5.26 Å². The zero-order valence-corrected chi connectivity index (χ0v) is 12.9. The number of nitrogens with zero attached hydrogens (tertiary/aromatic N) is 1. The highest BCUT2D eigenvalue weighted by atomic mass is 16.3. The van der Waals surface area contributed by atoms with Crippen LogP contribution in [0.2, 0.25) is 0 Å². The smallest absolute Gasteiger partial charge is 0.0630 e. The van der Waals surface area contributed by atoms with E-state index in [2.05, 4.69) is 48.9 Å². The number of hydrogen-bond acceptors (Lipinski definition) is 3. The van der Waals surface area contributed by atoms with Crippen molar-refractivity contribution in [1.29, 1.82) is 5.26 Å². The molecule has 21 heavy (non-hydrogen) atoms. The zero-order chi connectivity index (χ0) is 15.7. The maximum Gasteiger partial charge on any atom is 0.0630 e. The lowest BCUT2D eigenvalue weighted by Crippen LogP contribution is -2.29. The van der Waals surface area contributed by atoms with E-state index in [4.69, 9.17) is 10.4 Å². The van der Waals surface area contributed by atoms with Crippen molar-refractivity contribution >= 4 is 0 Å². The third-order valence-corrected chi connectivity index (χ3v) is 3.40. The molecule has 2 unspecified atom stereocenters. The van der Waals surface area contributed by atoms with Gasteiger partial charge in [0.15, 0.2) is 0 Å². The normalized spacial score (nSPS) is 18.5. The fourth-order valence-corrected chi connectivity index (χ4v) is 2.02. The first kappa shape index (κ1) is 17.1. The Kier molecular flexibility index (Phi) is 7.37. The fraction of sp³-hybridized carbons (Fsp3) is 0.500. The van der Waals surface area contributed by atoms with Gasteiger partial charge in [0.25, 0.3) is 0 Å². The first-order chi connectivity index (χ1) is 10.1. The summed E-state index contributed by atoms with van der Waals surface area (Å²) < 4.78 is 0. The molecule has 0 saturated carbocycles. The molecule has 0 heterocycles. The minimum absolute atomic E-state index is 0.00772. The summed E-state index contributed by atoms with van der Waals surface area (Å²) in [4.78, 5) is 0. The minimum Gasteiger partial charge on any atom is -0.394 e. The monoisotopic (exact) mass is 284 g/mol. The van der Waals surface area contributed by atoms with Crippen LogP contribution in [0.1, 0.15) is 39.5 Å². The highest BCUT2D eigenvalue weighted by Crippen LogP contribution is 2.25. The van der Waals surface area contributed by atoms with Crippen molar-refractivity contribution in [1.82, 2.24) is 5.32 Å². The van der Waals surface area contributed by atoms with Gasteiger partial charge in [0.05, 0.1) is 12.7 Å². The molecule has 0 saturated heterocycles. The van der Waals surface area contributed by atoms with Gasteiger partial charge < -0.3 is 10.4 Å². The van der Waals surface area contributed by atoms with Crippen molar-refractivity contribution in [3.8, 4) is 17.9 Å². The first-order valence-corrected chi connectivity index (χ1v) is 7.42. The predicted octanol–water partition coefficient (Wildman–Crippen LogP) is 3.06. The van der Waals surface area contributed by atoms with Gasteiger partial charge in [-0.1, -0.05) is 31.4 Å². The number of nitriles is 1. The van der Waals surface area contributed by atoms with Gasteiger partial charge in [-0.25, -0.2) is 0 Å². The number of unbranched alkanes of at least 4 members (excludes halogenated alkanes) is 2. The SMILES string of the molecule is C=C(NC(C)CO)C1=CCC(C)C(C#CCCCC#N)=C1. The highest BCUT2D eigenvalue weighted by Gasteiger charge is 2.14. The summed E-state index contributed by atoms with van der Waals surface area (Å²) in [6.07, 6.45) is 7.33. The van der Waals surface area contributed by atoms with E-state index in [0.717, 1.165) is 36.1 Å². The molecule has 0 spiro atoms. The van der Waals surface area contributed by atoms with Crippen LogP contribution in [0.15, 0.2) is 35.6 Å². The summed E-state index contributed by atoms with van der Waals surface area (Å²) in [5.74, 6) is 6.79. The van der Waals surface area contributed by atoms with Crippen LogP contribution in [0.25, 0.3) is 0 Å². The van der Waals surface area contributed by atoms with Crippen molar-refractivity contribution in [3.05, 3.63) is 35.6 Å². The first-order valence-electron chi connectivity index (χ1n) is 7.42. The molecule has 1 aliphatic rings. The third-order valence-electron chi connectivity index (χ3n) is 3.40. The number of aliphatic hydroxyl groups is 1. The number of allylic oxidation sites excluding steroid dienone is 3. The highest BCUT2D eigenvalue weighted by molar-refractivity contribution is 5.47. The number of nitrogens with one attached hydrogen (secondary N) is 1. The van der Waals surface area contributed by atoms with Gasteiger partial charge in [-0.15, -0.1) is 0 Å². The summed E-state index contributed by atoms with van der Waals surface area (Å²) in [6.45, 7) is 8.18. The van der Waals surface area contributed by atoms with Crippen LogP contribution in [0, 0.1) is 29.1 Å². The molecule has 1 rings (SSSR count). The van der Waals surface area contributed by atoms with E-state index in [1.54, 1.807) is 0 Å². The topological polar surface area (TPSA) is 56.0 Å². The molecule has 0 aliphatic heterocycles. The van der Waals surface area contributed by atoms with E-state index in [9.17, 15) is 0 Å². The average Bonchev–Trinajstić information content (AvgIpc) is 2.48. The van der Waals surface area contributed by atoms with Crippen LogP contribution >= 0.6 is 0 Å². The van der Waals surface area contributed by atoms with E-state index in [0.29, 0.717) is 12.3 Å². The Labute approximate surface area is 128 Å². The Hall–Kier alpha value is -1.97. The van der Waals surface area contributed by atoms with Crippen LogP contribution in [-0.2, 0) is 0 Å². The van der Waals surface area contributed by atoms with Crippen LogP contribution < -0.4 is 5.32 Å². The van der Waals surface area contributed by atoms with Gasteiger partial charge in [0.2, 0.25) is 0 Å². The zero-order valence-electron chi connectivity index (χ0n) is 12.9. The maximum atomic E-state index is 9.08. The summed E-state index contributed by atoms with van der Waals surface area (Å²) in [6, 6.07) is 2.12. The molecule has 112 valence electrons. The summed E-state index contributed by atoms with van der Waals surface area (Å²) >= 11 is 0. The molecule has 0 aromatic carbocycles.